The smallest absolute Gasteiger partial charge is 0.385 e. The monoisotopic (exact) mass is 307 g/mol. The molecular weight excluding hydrogens is 295 g/mol. The van der Waals surface area contributed by atoms with Gasteiger partial charge in [0.1, 0.15) is 0 Å². The number of unbranched alkanes of at least 4 members (excludes halogenated alkanes) is 1. The first kappa shape index (κ1) is 14.1. The lowest BCUT2D eigenvalue weighted by molar-refractivity contribution is -0.137. The van der Waals surface area contributed by atoms with Crippen LogP contribution in [0.15, 0.2) is 35.3 Å². The predicted octanol–water partition coefficient (Wildman–Crippen LogP) is 4.85. The van der Waals surface area contributed by atoms with Crippen LogP contribution in [0.4, 0.5) is 18.9 Å². The normalized spacial score (nSPS) is 11.3. The van der Waals surface area contributed by atoms with Gasteiger partial charge in [-0.2, -0.15) is 13.2 Å². The molecule has 0 saturated carbocycles. The molecule has 0 aromatic heterocycles. The van der Waals surface area contributed by atoms with Gasteiger partial charge < -0.3 is 5.32 Å². The van der Waals surface area contributed by atoms with Crippen molar-refractivity contribution >= 4 is 21.6 Å². The Morgan fingerprint density at radius 1 is 1.29 bits per heavy atom. The van der Waals surface area contributed by atoms with Gasteiger partial charge in [-0.05, 0) is 31.0 Å². The van der Waals surface area contributed by atoms with Crippen molar-refractivity contribution in [2.45, 2.75) is 19.0 Å². The van der Waals surface area contributed by atoms with Gasteiger partial charge in [0.05, 0.1) is 5.56 Å². The van der Waals surface area contributed by atoms with E-state index in [1.165, 1.54) is 0 Å². The van der Waals surface area contributed by atoms with Crippen molar-refractivity contribution in [3.8, 4) is 0 Å². The molecule has 1 aromatic carbocycles. The summed E-state index contributed by atoms with van der Waals surface area (Å²) in [6.07, 6.45) is -0.852. The van der Waals surface area contributed by atoms with Gasteiger partial charge >= 0.3 is 6.18 Å². The molecule has 1 aromatic rings. The van der Waals surface area contributed by atoms with Crippen LogP contribution in [0.3, 0.4) is 0 Å². The quantitative estimate of drug-likeness (QED) is 0.606. The first-order valence-electron chi connectivity index (χ1n) is 5.16. The molecule has 0 radical (unpaired) electrons. The van der Waals surface area contributed by atoms with Gasteiger partial charge in [0.15, 0.2) is 0 Å². The lowest BCUT2D eigenvalue weighted by Crippen LogP contribution is -2.07. The van der Waals surface area contributed by atoms with Gasteiger partial charge in [0.25, 0.3) is 0 Å². The summed E-state index contributed by atoms with van der Waals surface area (Å²) in [6, 6.07) is 3.80. The fourth-order valence-corrected chi connectivity index (χ4v) is 1.83. The van der Waals surface area contributed by atoms with Crippen LogP contribution in [0.1, 0.15) is 18.4 Å². The lowest BCUT2D eigenvalue weighted by atomic mass is 10.2. The largest absolute Gasteiger partial charge is 0.416 e. The predicted molar refractivity (Wildman–Crippen MR) is 67.1 cm³/mol. The maximum atomic E-state index is 12.5. The summed E-state index contributed by atoms with van der Waals surface area (Å²) in [7, 11) is 0. The minimum Gasteiger partial charge on any atom is -0.385 e. The molecule has 0 fully saturated rings. The average molecular weight is 308 g/mol. The first-order valence-corrected chi connectivity index (χ1v) is 5.95. The van der Waals surface area contributed by atoms with Crippen molar-refractivity contribution in [2.24, 2.45) is 0 Å². The van der Waals surface area contributed by atoms with Gasteiger partial charge in [-0.1, -0.05) is 22.0 Å². The van der Waals surface area contributed by atoms with E-state index in [2.05, 4.69) is 27.8 Å². The van der Waals surface area contributed by atoms with Gasteiger partial charge in [-0.25, -0.2) is 0 Å². The molecule has 1 nitrogen and oxygen atoms in total. The molecule has 0 aliphatic heterocycles. The van der Waals surface area contributed by atoms with Gasteiger partial charge in [-0.3, -0.25) is 0 Å². The second-order valence-corrected chi connectivity index (χ2v) is 4.50. The Morgan fingerprint density at radius 3 is 2.59 bits per heavy atom. The van der Waals surface area contributed by atoms with Crippen LogP contribution in [0.25, 0.3) is 0 Å². The van der Waals surface area contributed by atoms with Crippen molar-refractivity contribution in [3.05, 3.63) is 40.9 Å². The first-order chi connectivity index (χ1) is 7.93. The van der Waals surface area contributed by atoms with Crippen molar-refractivity contribution < 1.29 is 13.2 Å². The zero-order chi connectivity index (χ0) is 12.9. The average Bonchev–Trinajstić information content (AvgIpc) is 2.22. The SMILES string of the molecule is C=CCCCNc1cc(Br)cc(C(F)(F)F)c1. The third-order valence-corrected chi connectivity index (χ3v) is 2.60. The molecule has 0 spiro atoms. The number of nitrogens with one attached hydrogen (secondary N) is 1. The van der Waals surface area contributed by atoms with E-state index in [0.717, 1.165) is 25.0 Å². The van der Waals surface area contributed by atoms with Crippen LogP contribution in [0.2, 0.25) is 0 Å². The lowest BCUT2D eigenvalue weighted by Gasteiger charge is -2.11. The van der Waals surface area contributed by atoms with Crippen LogP contribution >= 0.6 is 15.9 Å². The topological polar surface area (TPSA) is 12.0 Å². The maximum absolute atomic E-state index is 12.5. The van der Waals surface area contributed by atoms with Crippen molar-refractivity contribution in [3.63, 3.8) is 0 Å². The van der Waals surface area contributed by atoms with E-state index < -0.39 is 11.7 Å². The van der Waals surface area contributed by atoms with E-state index in [4.69, 9.17) is 0 Å². The van der Waals surface area contributed by atoms with Crippen LogP contribution in [0, 0.1) is 0 Å². The molecule has 0 saturated heterocycles. The van der Waals surface area contributed by atoms with Crippen LogP contribution < -0.4 is 5.32 Å². The fourth-order valence-electron chi connectivity index (χ4n) is 1.33. The molecule has 0 heterocycles. The molecule has 0 unspecified atom stereocenters. The number of hydrogen-bond donors (Lipinski definition) is 1. The summed E-state index contributed by atoms with van der Waals surface area (Å²) >= 11 is 3.07. The maximum Gasteiger partial charge on any atom is 0.416 e. The molecule has 17 heavy (non-hydrogen) atoms. The molecule has 94 valence electrons. The Labute approximate surface area is 107 Å². The highest BCUT2D eigenvalue weighted by molar-refractivity contribution is 9.10. The minimum atomic E-state index is -4.32. The molecular formula is C12H13BrF3N. The van der Waals surface area contributed by atoms with E-state index >= 15 is 0 Å². The van der Waals surface area contributed by atoms with Crippen molar-refractivity contribution in [1.82, 2.24) is 0 Å². The minimum absolute atomic E-state index is 0.415. The Bertz CT molecular complexity index is 388. The highest BCUT2D eigenvalue weighted by Crippen LogP contribution is 2.33. The number of rotatable bonds is 5. The highest BCUT2D eigenvalue weighted by Gasteiger charge is 2.30. The molecule has 5 heteroatoms. The number of benzene rings is 1. The summed E-state index contributed by atoms with van der Waals surface area (Å²) < 4.78 is 38.0. The van der Waals surface area contributed by atoms with E-state index in [0.29, 0.717) is 16.7 Å². The molecule has 0 aliphatic rings. The summed E-state index contributed by atoms with van der Waals surface area (Å²) in [6.45, 7) is 4.21. The standard InChI is InChI=1S/C12H13BrF3N/c1-2-3-4-5-17-11-7-9(12(14,15)16)6-10(13)8-11/h2,6-8,17H,1,3-5H2. The van der Waals surface area contributed by atoms with Gasteiger partial charge in [-0.15, -0.1) is 6.58 Å². The Balaban J connectivity index is 2.72. The van der Waals surface area contributed by atoms with E-state index in [1.807, 2.05) is 0 Å². The summed E-state index contributed by atoms with van der Waals surface area (Å²) in [5.41, 5.74) is -0.186. The zero-order valence-electron chi connectivity index (χ0n) is 9.15. The Morgan fingerprint density at radius 2 is 2.00 bits per heavy atom. The molecule has 0 aliphatic carbocycles. The Kier molecular flexibility index (Phi) is 5.05. The van der Waals surface area contributed by atoms with Crippen LogP contribution in [-0.4, -0.2) is 6.54 Å². The summed E-state index contributed by atoms with van der Waals surface area (Å²) in [4.78, 5) is 0. The fraction of sp³-hybridized carbons (Fsp3) is 0.333. The summed E-state index contributed by atoms with van der Waals surface area (Å²) in [5, 5.41) is 2.96. The van der Waals surface area contributed by atoms with Gasteiger partial charge in [0.2, 0.25) is 0 Å². The molecule has 0 amide bonds. The number of halogens is 4. The second kappa shape index (κ2) is 6.10. The highest BCUT2D eigenvalue weighted by atomic mass is 79.9. The molecule has 1 N–H and O–H groups in total. The number of anilines is 1. The van der Waals surface area contributed by atoms with E-state index in [1.54, 1.807) is 12.1 Å². The number of alkyl halides is 3. The summed E-state index contributed by atoms with van der Waals surface area (Å²) in [5.74, 6) is 0. The third-order valence-electron chi connectivity index (χ3n) is 2.14. The van der Waals surface area contributed by atoms with Gasteiger partial charge in [0, 0.05) is 16.7 Å². The molecule has 0 bridgehead atoms. The van der Waals surface area contributed by atoms with Crippen LogP contribution in [-0.2, 0) is 6.18 Å². The van der Waals surface area contributed by atoms with Crippen molar-refractivity contribution in [2.75, 3.05) is 11.9 Å². The van der Waals surface area contributed by atoms with E-state index in [-0.39, 0.29) is 0 Å². The zero-order valence-corrected chi connectivity index (χ0v) is 10.7. The second-order valence-electron chi connectivity index (χ2n) is 3.58. The third kappa shape index (κ3) is 4.81. The molecule has 0 atom stereocenters. The van der Waals surface area contributed by atoms with Crippen LogP contribution in [0.5, 0.6) is 0 Å². The van der Waals surface area contributed by atoms with E-state index in [9.17, 15) is 13.2 Å². The van der Waals surface area contributed by atoms with Crippen molar-refractivity contribution in [1.29, 1.82) is 0 Å². The Hall–Kier alpha value is -0.970. The number of allylic oxidation sites excluding steroid dienone is 1. The molecule has 1 rings (SSSR count). The number of hydrogen-bond acceptors (Lipinski definition) is 1.